The summed E-state index contributed by atoms with van der Waals surface area (Å²) in [5, 5.41) is 0. The van der Waals surface area contributed by atoms with Crippen LogP contribution in [0.25, 0.3) is 0 Å². The molecule has 0 aliphatic heterocycles. The van der Waals surface area contributed by atoms with E-state index in [1.165, 1.54) is 38.5 Å². The Kier molecular flexibility index (Phi) is 18.4. The molecule has 0 fully saturated rings. The molecule has 0 nitrogen and oxygen atoms in total. The molecule has 2 rings (SSSR count). The normalized spacial score (nSPS) is 18.0. The zero-order valence-corrected chi connectivity index (χ0v) is 14.3. The summed E-state index contributed by atoms with van der Waals surface area (Å²) in [5.74, 6) is 0. The first kappa shape index (κ1) is 19.2. The predicted molar refractivity (Wildman–Crippen MR) is 82.5 cm³/mol. The van der Waals surface area contributed by atoms with Crippen molar-refractivity contribution in [1.29, 1.82) is 0 Å². The van der Waals surface area contributed by atoms with Gasteiger partial charge in [0.1, 0.15) is 0 Å². The van der Waals surface area contributed by atoms with Crippen LogP contribution in [0, 0.1) is 12.2 Å². The molecule has 0 aromatic rings. The molecule has 0 bridgehead atoms. The van der Waals surface area contributed by atoms with Crippen molar-refractivity contribution >= 4 is 19.1 Å². The van der Waals surface area contributed by atoms with Gasteiger partial charge in [0, 0.05) is 0 Å². The van der Waals surface area contributed by atoms with Crippen LogP contribution in [0.4, 0.5) is 0 Å². The average Bonchev–Trinajstić information content (AvgIpc) is 2.28. The van der Waals surface area contributed by atoms with Gasteiger partial charge in [-0.3, -0.25) is 12.2 Å². The maximum absolute atomic E-state index is 4.81. The van der Waals surface area contributed by atoms with Crippen LogP contribution in [0.1, 0.15) is 51.4 Å². The second-order valence-corrected chi connectivity index (χ2v) is 6.40. The minimum atomic E-state index is -0.106. The molecule has 0 unspecified atom stereocenters. The molecule has 0 saturated carbocycles. The summed E-state index contributed by atoms with van der Waals surface area (Å²) < 4.78 is 0. The maximum atomic E-state index is 4.81. The number of allylic oxidation sites excluding steroid dienone is 8. The van der Waals surface area contributed by atoms with Gasteiger partial charge in [0.05, 0.1) is 0 Å². The van der Waals surface area contributed by atoms with Crippen LogP contribution >= 0.6 is 19.1 Å². The van der Waals surface area contributed by atoms with E-state index in [-0.39, 0.29) is 15.9 Å². The first-order chi connectivity index (χ1) is 9.41. The molecular formula is C16H22Cl2Pd-2. The van der Waals surface area contributed by atoms with Crippen molar-refractivity contribution in [3.05, 3.63) is 48.6 Å². The predicted octanol–water partition coefficient (Wildman–Crippen LogP) is 6.33. The van der Waals surface area contributed by atoms with Crippen LogP contribution < -0.4 is 0 Å². The van der Waals surface area contributed by atoms with Crippen LogP contribution in [0.3, 0.4) is 0 Å². The van der Waals surface area contributed by atoms with Crippen molar-refractivity contribution in [2.24, 2.45) is 0 Å². The summed E-state index contributed by atoms with van der Waals surface area (Å²) in [7, 11) is 9.63. The molecule has 0 aromatic carbocycles. The SMILES string of the molecule is [C-]1=CCCC=CCC1.[C-]1=CCCC=CCC1.[Cl][Pd][Cl]. The van der Waals surface area contributed by atoms with E-state index in [2.05, 4.69) is 48.6 Å². The molecule has 112 valence electrons. The standard InChI is InChI=1S/2C8H11.2ClH.Pd/c2*1-2-4-6-8-7-5-3-1;;;/h2*1-2,7H,3-6H2;2*1H;/q2*-1;;;+2/p-2. The van der Waals surface area contributed by atoms with Gasteiger partial charge >= 0.3 is 35.0 Å². The number of hydrogen-bond acceptors (Lipinski definition) is 0. The second-order valence-electron chi connectivity index (χ2n) is 4.04. The fraction of sp³-hybridized carbons (Fsp3) is 0.500. The van der Waals surface area contributed by atoms with Crippen molar-refractivity contribution in [1.82, 2.24) is 0 Å². The van der Waals surface area contributed by atoms with E-state index in [4.69, 9.17) is 19.1 Å². The Balaban J connectivity index is 0.000000284. The van der Waals surface area contributed by atoms with Gasteiger partial charge in [0.15, 0.2) is 0 Å². The summed E-state index contributed by atoms with van der Waals surface area (Å²) in [6.45, 7) is 0. The second kappa shape index (κ2) is 18.2. The third-order valence-corrected chi connectivity index (χ3v) is 2.49. The van der Waals surface area contributed by atoms with E-state index in [1.54, 1.807) is 0 Å². The van der Waals surface area contributed by atoms with Gasteiger partial charge in [-0.1, -0.05) is 50.0 Å². The van der Waals surface area contributed by atoms with Crippen LogP contribution in [0.15, 0.2) is 36.5 Å². The van der Waals surface area contributed by atoms with Crippen LogP contribution in [-0.4, -0.2) is 0 Å². The fourth-order valence-corrected chi connectivity index (χ4v) is 1.57. The van der Waals surface area contributed by atoms with Gasteiger partial charge in [-0.05, 0) is 12.8 Å². The van der Waals surface area contributed by atoms with Crippen molar-refractivity contribution < 1.29 is 15.9 Å². The van der Waals surface area contributed by atoms with Crippen LogP contribution in [0.2, 0.25) is 0 Å². The Morgan fingerprint density at radius 3 is 1.42 bits per heavy atom. The quantitative estimate of drug-likeness (QED) is 0.257. The van der Waals surface area contributed by atoms with Crippen molar-refractivity contribution in [3.8, 4) is 0 Å². The van der Waals surface area contributed by atoms with Gasteiger partial charge in [0.25, 0.3) is 0 Å². The summed E-state index contributed by atoms with van der Waals surface area (Å²) in [5.41, 5.74) is 0. The average molecular weight is 392 g/mol. The Morgan fingerprint density at radius 2 is 1.00 bits per heavy atom. The van der Waals surface area contributed by atoms with Gasteiger partial charge in [0.2, 0.25) is 0 Å². The van der Waals surface area contributed by atoms with Gasteiger partial charge in [-0.15, -0.1) is 0 Å². The number of rotatable bonds is 0. The molecule has 0 aromatic heterocycles. The molecule has 19 heavy (non-hydrogen) atoms. The molecule has 0 spiro atoms. The van der Waals surface area contributed by atoms with E-state index in [0.717, 1.165) is 12.8 Å². The summed E-state index contributed by atoms with van der Waals surface area (Å²) in [6, 6.07) is 0. The summed E-state index contributed by atoms with van der Waals surface area (Å²) >= 11 is -0.106. The van der Waals surface area contributed by atoms with E-state index >= 15 is 0 Å². The topological polar surface area (TPSA) is 0 Å². The van der Waals surface area contributed by atoms with Gasteiger partial charge in [-0.2, -0.15) is 12.8 Å². The zero-order valence-electron chi connectivity index (χ0n) is 11.2. The zero-order chi connectivity index (χ0) is 14.0. The van der Waals surface area contributed by atoms with Crippen molar-refractivity contribution in [2.75, 3.05) is 0 Å². The summed E-state index contributed by atoms with van der Waals surface area (Å²) in [4.78, 5) is 0. The Hall–Kier alpha value is 0.202. The molecule has 0 N–H and O–H groups in total. The fourth-order valence-electron chi connectivity index (χ4n) is 1.57. The first-order valence-corrected chi connectivity index (χ1v) is 10.6. The Morgan fingerprint density at radius 1 is 0.632 bits per heavy atom. The Bertz CT molecular complexity index is 200. The minimum absolute atomic E-state index is 0.106. The Labute approximate surface area is 134 Å². The molecule has 2 aliphatic carbocycles. The van der Waals surface area contributed by atoms with Gasteiger partial charge < -0.3 is 12.2 Å². The molecule has 3 heteroatoms. The molecular weight excluding hydrogens is 370 g/mol. The number of hydrogen-bond donors (Lipinski definition) is 0. The molecule has 0 atom stereocenters. The molecule has 0 heterocycles. The first-order valence-electron chi connectivity index (χ1n) is 6.64. The monoisotopic (exact) mass is 390 g/mol. The van der Waals surface area contributed by atoms with E-state index in [9.17, 15) is 0 Å². The molecule has 0 saturated heterocycles. The third-order valence-electron chi connectivity index (χ3n) is 2.49. The van der Waals surface area contributed by atoms with Crippen LogP contribution in [0.5, 0.6) is 0 Å². The van der Waals surface area contributed by atoms with Crippen LogP contribution in [-0.2, 0) is 15.9 Å². The third kappa shape index (κ3) is 18.2. The summed E-state index contributed by atoms with van der Waals surface area (Å²) in [6.07, 6.45) is 29.0. The van der Waals surface area contributed by atoms with E-state index in [0.29, 0.717) is 0 Å². The van der Waals surface area contributed by atoms with Crippen molar-refractivity contribution in [3.63, 3.8) is 0 Å². The van der Waals surface area contributed by atoms with Crippen molar-refractivity contribution in [2.45, 2.75) is 51.4 Å². The molecule has 0 radical (unpaired) electrons. The van der Waals surface area contributed by atoms with Gasteiger partial charge in [-0.25, -0.2) is 0 Å². The number of halogens is 2. The molecule has 2 aliphatic rings. The van der Waals surface area contributed by atoms with E-state index < -0.39 is 0 Å². The van der Waals surface area contributed by atoms with E-state index in [1.807, 2.05) is 0 Å². The molecule has 0 amide bonds.